The summed E-state index contributed by atoms with van der Waals surface area (Å²) in [5, 5.41) is 11.1. The number of aryl methyl sites for hydroxylation is 2. The number of thiazole rings is 1. The van der Waals surface area contributed by atoms with E-state index in [1.165, 1.54) is 6.92 Å². The molecule has 1 heterocycles. The van der Waals surface area contributed by atoms with E-state index < -0.39 is 6.03 Å². The topological polar surface area (TPSA) is 112 Å². The van der Waals surface area contributed by atoms with Crippen LogP contribution in [0.25, 0.3) is 0 Å². The summed E-state index contributed by atoms with van der Waals surface area (Å²) < 4.78 is 0. The van der Waals surface area contributed by atoms with Crippen molar-refractivity contribution in [1.82, 2.24) is 4.98 Å². The fourth-order valence-electron chi connectivity index (χ4n) is 2.62. The molecule has 3 aromatic rings. The van der Waals surface area contributed by atoms with Gasteiger partial charge in [0.05, 0.1) is 5.69 Å². The molecule has 0 radical (unpaired) electrons. The first kappa shape index (κ1) is 21.0. The number of nitrogens with one attached hydrogen (secondary N) is 4. The van der Waals surface area contributed by atoms with Crippen molar-refractivity contribution < 1.29 is 14.4 Å². The first-order valence-corrected chi connectivity index (χ1v) is 9.93. The quantitative estimate of drug-likeness (QED) is 0.480. The molecule has 0 unspecified atom stereocenters. The molecule has 2 aromatic carbocycles. The zero-order valence-corrected chi connectivity index (χ0v) is 17.5. The molecule has 0 atom stereocenters. The van der Waals surface area contributed by atoms with Crippen LogP contribution in [0.2, 0.25) is 0 Å². The van der Waals surface area contributed by atoms with Crippen molar-refractivity contribution in [2.45, 2.75) is 20.8 Å². The summed E-state index contributed by atoms with van der Waals surface area (Å²) in [5.41, 5.74) is 3.36. The van der Waals surface area contributed by atoms with Crippen molar-refractivity contribution in [2.75, 3.05) is 21.3 Å². The average Bonchev–Trinajstić information content (AvgIpc) is 3.03. The molecule has 8 nitrogen and oxygen atoms in total. The second-order valence-electron chi connectivity index (χ2n) is 6.59. The van der Waals surface area contributed by atoms with Crippen LogP contribution in [0.3, 0.4) is 0 Å². The van der Waals surface area contributed by atoms with Crippen LogP contribution in [0.5, 0.6) is 0 Å². The number of hydrogen-bond acceptors (Lipinski definition) is 5. The van der Waals surface area contributed by atoms with E-state index in [4.69, 9.17) is 0 Å². The van der Waals surface area contributed by atoms with Gasteiger partial charge in [-0.3, -0.25) is 14.9 Å². The van der Waals surface area contributed by atoms with Gasteiger partial charge in [0.25, 0.3) is 5.91 Å². The summed E-state index contributed by atoms with van der Waals surface area (Å²) in [6.07, 6.45) is 0. The molecular weight excluding hydrogens is 402 g/mol. The highest BCUT2D eigenvalue weighted by molar-refractivity contribution is 7.17. The molecule has 154 valence electrons. The fourth-order valence-corrected chi connectivity index (χ4v) is 3.48. The summed E-state index contributed by atoms with van der Waals surface area (Å²) in [5.74, 6) is -0.548. The Morgan fingerprint density at radius 1 is 0.833 bits per heavy atom. The highest BCUT2D eigenvalue weighted by Crippen LogP contribution is 2.24. The van der Waals surface area contributed by atoms with Crippen LogP contribution < -0.4 is 21.3 Å². The molecule has 30 heavy (non-hydrogen) atoms. The van der Waals surface area contributed by atoms with E-state index in [0.29, 0.717) is 32.8 Å². The maximum atomic E-state index is 12.6. The molecule has 3 rings (SSSR count). The maximum absolute atomic E-state index is 12.6. The maximum Gasteiger partial charge on any atom is 0.325 e. The van der Waals surface area contributed by atoms with Crippen molar-refractivity contribution in [3.8, 4) is 0 Å². The van der Waals surface area contributed by atoms with Gasteiger partial charge in [0.2, 0.25) is 5.91 Å². The molecule has 4 N–H and O–H groups in total. The number of urea groups is 1. The Hall–Kier alpha value is -3.72. The summed E-state index contributed by atoms with van der Waals surface area (Å²) >= 11 is 1.08. The van der Waals surface area contributed by atoms with E-state index in [2.05, 4.69) is 26.3 Å². The Kier molecular flexibility index (Phi) is 6.43. The van der Waals surface area contributed by atoms with Gasteiger partial charge in [-0.2, -0.15) is 0 Å². The number of carbonyl (C=O) groups is 3. The molecule has 0 spiro atoms. The van der Waals surface area contributed by atoms with Crippen LogP contribution >= 0.6 is 11.3 Å². The number of carbonyl (C=O) groups excluding carboxylic acids is 3. The molecule has 0 saturated heterocycles. The van der Waals surface area contributed by atoms with Crippen LogP contribution in [0.1, 0.15) is 27.9 Å². The normalized spacial score (nSPS) is 10.2. The highest BCUT2D eigenvalue weighted by Gasteiger charge is 2.17. The van der Waals surface area contributed by atoms with Gasteiger partial charge in [0.1, 0.15) is 4.88 Å². The molecule has 0 bridgehead atoms. The predicted molar refractivity (Wildman–Crippen MR) is 119 cm³/mol. The van der Waals surface area contributed by atoms with Crippen molar-refractivity contribution in [3.05, 3.63) is 64.7 Å². The van der Waals surface area contributed by atoms with Gasteiger partial charge in [-0.1, -0.05) is 35.1 Å². The van der Waals surface area contributed by atoms with Gasteiger partial charge in [-0.15, -0.1) is 0 Å². The highest BCUT2D eigenvalue weighted by atomic mass is 32.1. The van der Waals surface area contributed by atoms with E-state index >= 15 is 0 Å². The number of amides is 4. The Labute approximate surface area is 177 Å². The van der Waals surface area contributed by atoms with E-state index in [9.17, 15) is 14.4 Å². The van der Waals surface area contributed by atoms with Crippen molar-refractivity contribution >= 4 is 51.4 Å². The smallest absolute Gasteiger partial charge is 0.325 e. The third-order valence-corrected chi connectivity index (χ3v) is 5.05. The monoisotopic (exact) mass is 423 g/mol. The molecule has 4 amide bonds. The predicted octanol–water partition coefficient (Wildman–Crippen LogP) is 4.61. The van der Waals surface area contributed by atoms with E-state index in [1.807, 2.05) is 19.1 Å². The van der Waals surface area contributed by atoms with Crippen molar-refractivity contribution in [2.24, 2.45) is 0 Å². The molecule has 0 aliphatic rings. The summed E-state index contributed by atoms with van der Waals surface area (Å²) in [7, 11) is 0. The molecule has 9 heteroatoms. The van der Waals surface area contributed by atoms with Gasteiger partial charge in [0, 0.05) is 24.0 Å². The number of hydrogen-bond donors (Lipinski definition) is 4. The fraction of sp³-hybridized carbons (Fsp3) is 0.143. The lowest BCUT2D eigenvalue weighted by Gasteiger charge is -2.07. The second-order valence-corrected chi connectivity index (χ2v) is 7.59. The summed E-state index contributed by atoms with van der Waals surface area (Å²) in [4.78, 5) is 40.6. The van der Waals surface area contributed by atoms with Gasteiger partial charge < -0.3 is 16.0 Å². The molecular formula is C21H21N5O3S. The molecule has 1 aromatic heterocycles. The third kappa shape index (κ3) is 5.65. The minimum absolute atomic E-state index is 0.198. The third-order valence-electron chi connectivity index (χ3n) is 3.97. The lowest BCUT2D eigenvalue weighted by molar-refractivity contribution is -0.114. The van der Waals surface area contributed by atoms with Gasteiger partial charge in [0.15, 0.2) is 5.13 Å². The Morgan fingerprint density at radius 3 is 2.17 bits per heavy atom. The second kappa shape index (κ2) is 9.19. The lowest BCUT2D eigenvalue weighted by Crippen LogP contribution is -2.19. The van der Waals surface area contributed by atoms with Crippen LogP contribution in [0.15, 0.2) is 48.5 Å². The largest absolute Gasteiger partial charge is 0.326 e. The number of benzene rings is 2. The Balaban J connectivity index is 1.65. The van der Waals surface area contributed by atoms with Gasteiger partial charge >= 0.3 is 6.03 Å². The van der Waals surface area contributed by atoms with Crippen LogP contribution in [-0.4, -0.2) is 22.8 Å². The number of anilines is 4. The minimum Gasteiger partial charge on any atom is -0.326 e. The number of nitrogens with zero attached hydrogens (tertiary/aromatic N) is 1. The van der Waals surface area contributed by atoms with Gasteiger partial charge in [-0.25, -0.2) is 9.78 Å². The Morgan fingerprint density at radius 2 is 1.50 bits per heavy atom. The molecule has 0 saturated carbocycles. The molecule has 0 aliphatic carbocycles. The van der Waals surface area contributed by atoms with Crippen LogP contribution in [-0.2, 0) is 4.79 Å². The van der Waals surface area contributed by atoms with E-state index in [0.717, 1.165) is 16.9 Å². The lowest BCUT2D eigenvalue weighted by atomic mass is 10.2. The zero-order chi connectivity index (χ0) is 21.7. The minimum atomic E-state index is -0.442. The average molecular weight is 423 g/mol. The first-order chi connectivity index (χ1) is 14.3. The Bertz CT molecular complexity index is 1090. The number of rotatable bonds is 5. The van der Waals surface area contributed by atoms with E-state index in [1.54, 1.807) is 43.3 Å². The van der Waals surface area contributed by atoms with Gasteiger partial charge in [-0.05, 0) is 44.2 Å². The van der Waals surface area contributed by atoms with E-state index in [-0.39, 0.29) is 11.8 Å². The first-order valence-electron chi connectivity index (χ1n) is 9.11. The molecule has 0 aliphatic heterocycles. The summed E-state index contributed by atoms with van der Waals surface area (Å²) in [6.45, 7) is 5.07. The standard InChI is InChI=1S/C21H21N5O3S/c1-12-7-9-15(10-8-12)25-20(29)26-21-22-13(2)18(30-21)19(28)24-17-6-4-5-16(11-17)23-14(3)27/h4-11H,1-3H3,(H,23,27)(H,24,28)(H2,22,25,26,29). The zero-order valence-electron chi connectivity index (χ0n) is 16.7. The van der Waals surface area contributed by atoms with Crippen LogP contribution in [0.4, 0.5) is 27.0 Å². The summed E-state index contributed by atoms with van der Waals surface area (Å²) in [6, 6.07) is 13.8. The van der Waals surface area contributed by atoms with Crippen molar-refractivity contribution in [3.63, 3.8) is 0 Å². The van der Waals surface area contributed by atoms with Crippen LogP contribution in [0, 0.1) is 13.8 Å². The SMILES string of the molecule is CC(=O)Nc1cccc(NC(=O)c2sc(NC(=O)Nc3ccc(C)cc3)nc2C)c1. The molecule has 0 fully saturated rings. The van der Waals surface area contributed by atoms with Crippen molar-refractivity contribution in [1.29, 1.82) is 0 Å². The number of aromatic nitrogens is 1.